The van der Waals surface area contributed by atoms with Gasteiger partial charge in [-0.15, -0.1) is 11.8 Å². The normalized spacial score (nSPS) is 11.5. The number of hydrogen-bond donors (Lipinski definition) is 1. The van der Waals surface area contributed by atoms with Crippen molar-refractivity contribution < 1.29 is 5.11 Å². The fourth-order valence-corrected chi connectivity index (χ4v) is 3.75. The summed E-state index contributed by atoms with van der Waals surface area (Å²) in [5.41, 5.74) is 3.43. The molecule has 0 spiro atoms. The second-order valence-electron chi connectivity index (χ2n) is 6.03. The highest BCUT2D eigenvalue weighted by Gasteiger charge is 2.13. The van der Waals surface area contributed by atoms with E-state index < -0.39 is 0 Å². The first-order chi connectivity index (χ1) is 11.1. The van der Waals surface area contributed by atoms with Crippen molar-refractivity contribution >= 4 is 22.7 Å². The van der Waals surface area contributed by atoms with Crippen molar-refractivity contribution in [3.05, 3.63) is 59.8 Å². The number of hydrogen-bond acceptors (Lipinski definition) is 3. The first kappa shape index (κ1) is 16.0. The van der Waals surface area contributed by atoms with E-state index in [9.17, 15) is 5.11 Å². The minimum atomic E-state index is 0.374. The fourth-order valence-electron chi connectivity index (χ4n) is 2.81. The highest BCUT2D eigenvalue weighted by Crippen LogP contribution is 2.32. The van der Waals surface area contributed by atoms with Crippen molar-refractivity contribution in [3.8, 4) is 5.75 Å². The third-order valence-corrected chi connectivity index (χ3v) is 5.06. The van der Waals surface area contributed by atoms with E-state index in [0.29, 0.717) is 5.75 Å². The number of aromatic nitrogens is 1. The van der Waals surface area contributed by atoms with E-state index in [1.54, 1.807) is 6.07 Å². The monoisotopic (exact) mass is 326 g/mol. The molecule has 1 N–H and O–H groups in total. The molecule has 0 bridgehead atoms. The van der Waals surface area contributed by atoms with E-state index in [1.165, 1.54) is 16.1 Å². The van der Waals surface area contributed by atoms with Gasteiger partial charge in [-0.1, -0.05) is 18.2 Å². The number of nitrogens with zero attached hydrogens (tertiary/aromatic N) is 2. The summed E-state index contributed by atoms with van der Waals surface area (Å²) in [7, 11) is 6.14. The molecule has 23 heavy (non-hydrogen) atoms. The SMILES string of the molecule is CN(C)Cc1c(O)ccc2c1cc(CSc1ccccc1)n2C. The molecule has 0 aliphatic heterocycles. The predicted molar refractivity (Wildman–Crippen MR) is 98.0 cm³/mol. The average molecular weight is 326 g/mol. The van der Waals surface area contributed by atoms with Crippen LogP contribution in [0, 0.1) is 0 Å². The molecule has 3 rings (SSSR count). The molecule has 1 aromatic heterocycles. The molecule has 0 saturated carbocycles. The van der Waals surface area contributed by atoms with Crippen LogP contribution in [0.5, 0.6) is 5.75 Å². The molecule has 0 unspecified atom stereocenters. The predicted octanol–water partition coefficient (Wildman–Crippen LogP) is 4.24. The first-order valence-corrected chi connectivity index (χ1v) is 8.66. The zero-order valence-corrected chi connectivity index (χ0v) is 14.6. The lowest BCUT2D eigenvalue weighted by Gasteiger charge is -2.12. The van der Waals surface area contributed by atoms with Crippen LogP contribution in [-0.4, -0.2) is 28.7 Å². The molecule has 120 valence electrons. The first-order valence-electron chi connectivity index (χ1n) is 7.68. The maximum atomic E-state index is 10.2. The Morgan fingerprint density at radius 2 is 1.83 bits per heavy atom. The number of benzene rings is 2. The van der Waals surface area contributed by atoms with Crippen molar-refractivity contribution in [1.29, 1.82) is 0 Å². The number of phenols is 1. The number of thioether (sulfide) groups is 1. The maximum Gasteiger partial charge on any atom is 0.120 e. The van der Waals surface area contributed by atoms with E-state index in [4.69, 9.17) is 0 Å². The molecule has 0 saturated heterocycles. The van der Waals surface area contributed by atoms with Gasteiger partial charge in [-0.2, -0.15) is 0 Å². The van der Waals surface area contributed by atoms with Gasteiger partial charge in [-0.3, -0.25) is 0 Å². The highest BCUT2D eigenvalue weighted by atomic mass is 32.2. The number of rotatable bonds is 5. The quantitative estimate of drug-likeness (QED) is 0.711. The van der Waals surface area contributed by atoms with Gasteiger partial charge in [-0.05, 0) is 44.4 Å². The minimum absolute atomic E-state index is 0.374. The Balaban J connectivity index is 1.94. The van der Waals surface area contributed by atoms with Crippen LogP contribution in [0.25, 0.3) is 10.9 Å². The third-order valence-electron chi connectivity index (χ3n) is 4.02. The van der Waals surface area contributed by atoms with Crippen LogP contribution < -0.4 is 0 Å². The Morgan fingerprint density at radius 1 is 1.09 bits per heavy atom. The Kier molecular flexibility index (Phi) is 4.64. The standard InChI is InChI=1S/C19H22N2OS/c1-20(2)12-17-16-11-14(13-23-15-7-5-4-6-8-15)21(3)18(16)9-10-19(17)22/h4-11,22H,12-13H2,1-3H3. The second kappa shape index (κ2) is 6.69. The van der Waals surface area contributed by atoms with Gasteiger partial charge >= 0.3 is 0 Å². The third kappa shape index (κ3) is 3.38. The van der Waals surface area contributed by atoms with E-state index in [0.717, 1.165) is 23.2 Å². The van der Waals surface area contributed by atoms with Crippen molar-refractivity contribution in [2.24, 2.45) is 7.05 Å². The van der Waals surface area contributed by atoms with E-state index in [-0.39, 0.29) is 0 Å². The molecule has 3 nitrogen and oxygen atoms in total. The van der Waals surface area contributed by atoms with Crippen LogP contribution in [0.1, 0.15) is 11.3 Å². The Morgan fingerprint density at radius 3 is 2.52 bits per heavy atom. The lowest BCUT2D eigenvalue weighted by atomic mass is 10.1. The van der Waals surface area contributed by atoms with E-state index in [1.807, 2.05) is 38.0 Å². The summed E-state index contributed by atoms with van der Waals surface area (Å²) in [4.78, 5) is 3.36. The van der Waals surface area contributed by atoms with Gasteiger partial charge in [0.15, 0.2) is 0 Å². The number of phenolic OH excluding ortho intramolecular Hbond substituents is 1. The number of aryl methyl sites for hydroxylation is 1. The lowest BCUT2D eigenvalue weighted by Crippen LogP contribution is -2.11. The largest absolute Gasteiger partial charge is 0.508 e. The molecule has 0 fully saturated rings. The average Bonchev–Trinajstić information content (AvgIpc) is 2.85. The van der Waals surface area contributed by atoms with Crippen LogP contribution in [0.15, 0.2) is 53.4 Å². The molecule has 0 aliphatic rings. The topological polar surface area (TPSA) is 28.4 Å². The minimum Gasteiger partial charge on any atom is -0.508 e. The lowest BCUT2D eigenvalue weighted by molar-refractivity contribution is 0.388. The smallest absolute Gasteiger partial charge is 0.120 e. The summed E-state index contributed by atoms with van der Waals surface area (Å²) in [5, 5.41) is 11.4. The maximum absolute atomic E-state index is 10.2. The summed E-state index contributed by atoms with van der Waals surface area (Å²) in [6, 6.07) is 16.5. The van der Waals surface area contributed by atoms with Crippen molar-refractivity contribution in [2.75, 3.05) is 14.1 Å². The molecule has 2 aromatic carbocycles. The molecule has 1 heterocycles. The molecule has 0 radical (unpaired) electrons. The summed E-state index contributed by atoms with van der Waals surface area (Å²) in [6.45, 7) is 0.735. The van der Waals surface area contributed by atoms with Crippen molar-refractivity contribution in [3.63, 3.8) is 0 Å². The molecular weight excluding hydrogens is 304 g/mol. The summed E-state index contributed by atoms with van der Waals surface area (Å²) < 4.78 is 2.23. The van der Waals surface area contributed by atoms with E-state index in [2.05, 4.69) is 46.8 Å². The van der Waals surface area contributed by atoms with Gasteiger partial charge in [-0.25, -0.2) is 0 Å². The molecule has 3 aromatic rings. The van der Waals surface area contributed by atoms with Gasteiger partial charge in [0.25, 0.3) is 0 Å². The van der Waals surface area contributed by atoms with Gasteiger partial charge in [0.1, 0.15) is 5.75 Å². The molecule has 0 aliphatic carbocycles. The summed E-state index contributed by atoms with van der Waals surface area (Å²) >= 11 is 1.83. The summed E-state index contributed by atoms with van der Waals surface area (Å²) in [5.74, 6) is 1.29. The zero-order chi connectivity index (χ0) is 16.4. The molecule has 0 amide bonds. The van der Waals surface area contributed by atoms with Crippen molar-refractivity contribution in [2.45, 2.75) is 17.2 Å². The second-order valence-corrected chi connectivity index (χ2v) is 7.08. The van der Waals surface area contributed by atoms with Crippen LogP contribution in [0.4, 0.5) is 0 Å². The zero-order valence-electron chi connectivity index (χ0n) is 13.8. The number of fused-ring (bicyclic) bond motifs is 1. The van der Waals surface area contributed by atoms with Crippen LogP contribution in [-0.2, 0) is 19.3 Å². The summed E-state index contributed by atoms with van der Waals surface area (Å²) in [6.07, 6.45) is 0. The Labute approximate surface area is 141 Å². The van der Waals surface area contributed by atoms with Gasteiger partial charge in [0.05, 0.1) is 0 Å². The molecular formula is C19H22N2OS. The van der Waals surface area contributed by atoms with Crippen molar-refractivity contribution in [1.82, 2.24) is 9.47 Å². The fraction of sp³-hybridized carbons (Fsp3) is 0.263. The Hall–Kier alpha value is -1.91. The molecule has 0 atom stereocenters. The number of aromatic hydroxyl groups is 1. The highest BCUT2D eigenvalue weighted by molar-refractivity contribution is 7.98. The van der Waals surface area contributed by atoms with Crippen LogP contribution >= 0.6 is 11.8 Å². The van der Waals surface area contributed by atoms with Gasteiger partial charge < -0.3 is 14.6 Å². The van der Waals surface area contributed by atoms with E-state index >= 15 is 0 Å². The van der Waals surface area contributed by atoms with Crippen LogP contribution in [0.3, 0.4) is 0 Å². The van der Waals surface area contributed by atoms with Gasteiger partial charge in [0, 0.05) is 46.4 Å². The van der Waals surface area contributed by atoms with Crippen LogP contribution in [0.2, 0.25) is 0 Å². The molecule has 4 heteroatoms. The van der Waals surface area contributed by atoms with Gasteiger partial charge in [0.2, 0.25) is 0 Å². The Bertz CT molecular complexity index is 809.